The van der Waals surface area contributed by atoms with Crippen LogP contribution in [0.15, 0.2) is 54.6 Å². The predicted octanol–water partition coefficient (Wildman–Crippen LogP) is 1.69. The molecule has 2 rings (SSSR count). The van der Waals surface area contributed by atoms with E-state index in [-0.39, 0.29) is 6.61 Å². The fourth-order valence-corrected chi connectivity index (χ4v) is 1.91. The Morgan fingerprint density at radius 1 is 0.960 bits per heavy atom. The molecule has 0 radical (unpaired) electrons. The maximum atomic E-state index is 11.9. The topological polar surface area (TPSA) is 85.9 Å². The second kappa shape index (κ2) is 9.17. The number of hydrogen-bond donors (Lipinski definition) is 2. The second-order valence-electron chi connectivity index (χ2n) is 5.05. The minimum absolute atomic E-state index is 0.269. The predicted molar refractivity (Wildman–Crippen MR) is 91.3 cm³/mol. The van der Waals surface area contributed by atoms with Gasteiger partial charge in [-0.15, -0.1) is 0 Å². The van der Waals surface area contributed by atoms with Crippen LogP contribution >= 0.6 is 0 Å². The summed E-state index contributed by atoms with van der Waals surface area (Å²) >= 11 is 0. The summed E-state index contributed by atoms with van der Waals surface area (Å²) in [6.07, 6.45) is -0.766. The van der Waals surface area contributed by atoms with E-state index in [4.69, 9.17) is 14.2 Å². The Bertz CT molecular complexity index is 706. The zero-order chi connectivity index (χ0) is 18.1. The zero-order valence-electron chi connectivity index (χ0n) is 14.0. The molecule has 0 aliphatic heterocycles. The molecule has 0 bridgehead atoms. The van der Waals surface area contributed by atoms with Crippen LogP contribution in [0.4, 0.5) is 0 Å². The van der Waals surface area contributed by atoms with Crippen LogP contribution in [0.5, 0.6) is 17.2 Å². The molecule has 0 saturated heterocycles. The number of carbonyl (C=O) groups excluding carboxylic acids is 2. The van der Waals surface area contributed by atoms with Crippen molar-refractivity contribution < 1.29 is 23.8 Å². The van der Waals surface area contributed by atoms with Gasteiger partial charge in [0.1, 0.15) is 5.75 Å². The van der Waals surface area contributed by atoms with Crippen LogP contribution in [-0.4, -0.2) is 31.6 Å². The standard InChI is InChI=1S/C18H20N2O5/c1-13(25-14-8-4-3-5-9-14)18(22)20-19-17(21)12-24-16-11-7-6-10-15(16)23-2/h3-11,13H,12H2,1-2H3,(H,19,21)(H,20,22). The summed E-state index contributed by atoms with van der Waals surface area (Å²) in [6.45, 7) is 1.31. The molecule has 2 aromatic carbocycles. The number of para-hydroxylation sites is 3. The first-order valence-electron chi connectivity index (χ1n) is 7.66. The number of hydrogen-bond acceptors (Lipinski definition) is 5. The Balaban J connectivity index is 1.74. The third kappa shape index (κ3) is 5.72. The van der Waals surface area contributed by atoms with Gasteiger partial charge in [-0.2, -0.15) is 0 Å². The molecule has 0 fully saturated rings. The summed E-state index contributed by atoms with van der Waals surface area (Å²) in [7, 11) is 1.51. The summed E-state index contributed by atoms with van der Waals surface area (Å²) in [5.74, 6) is 0.535. The Morgan fingerprint density at radius 2 is 1.60 bits per heavy atom. The van der Waals surface area contributed by atoms with E-state index in [2.05, 4.69) is 10.9 Å². The highest BCUT2D eigenvalue weighted by atomic mass is 16.5. The second-order valence-corrected chi connectivity index (χ2v) is 5.05. The molecule has 1 atom stereocenters. The quantitative estimate of drug-likeness (QED) is 0.747. The molecule has 0 spiro atoms. The molecule has 7 nitrogen and oxygen atoms in total. The Morgan fingerprint density at radius 3 is 2.28 bits per heavy atom. The summed E-state index contributed by atoms with van der Waals surface area (Å²) in [4.78, 5) is 23.7. The van der Waals surface area contributed by atoms with Crippen molar-refractivity contribution >= 4 is 11.8 Å². The first-order valence-corrected chi connectivity index (χ1v) is 7.66. The van der Waals surface area contributed by atoms with E-state index >= 15 is 0 Å². The number of rotatable bonds is 7. The fraction of sp³-hybridized carbons (Fsp3) is 0.222. The Hall–Kier alpha value is -3.22. The highest BCUT2D eigenvalue weighted by Crippen LogP contribution is 2.25. The van der Waals surface area contributed by atoms with Crippen molar-refractivity contribution in [2.45, 2.75) is 13.0 Å². The van der Waals surface area contributed by atoms with Crippen molar-refractivity contribution in [1.29, 1.82) is 0 Å². The Labute approximate surface area is 145 Å². The van der Waals surface area contributed by atoms with Gasteiger partial charge in [0.2, 0.25) is 0 Å². The number of carbonyl (C=O) groups is 2. The number of ether oxygens (including phenoxy) is 3. The molecule has 1 unspecified atom stereocenters. The fourth-order valence-electron chi connectivity index (χ4n) is 1.91. The van der Waals surface area contributed by atoms with Gasteiger partial charge in [-0.3, -0.25) is 20.4 Å². The first-order chi connectivity index (χ1) is 12.1. The van der Waals surface area contributed by atoms with Crippen molar-refractivity contribution in [3.05, 3.63) is 54.6 Å². The molecule has 2 N–H and O–H groups in total. The van der Waals surface area contributed by atoms with E-state index in [0.717, 1.165) is 0 Å². The monoisotopic (exact) mass is 344 g/mol. The van der Waals surface area contributed by atoms with Crippen LogP contribution < -0.4 is 25.1 Å². The largest absolute Gasteiger partial charge is 0.493 e. The lowest BCUT2D eigenvalue weighted by Crippen LogP contribution is -2.48. The van der Waals surface area contributed by atoms with Crippen molar-refractivity contribution in [1.82, 2.24) is 10.9 Å². The number of benzene rings is 2. The Kier molecular flexibility index (Phi) is 6.65. The zero-order valence-corrected chi connectivity index (χ0v) is 14.0. The van der Waals surface area contributed by atoms with Gasteiger partial charge in [0, 0.05) is 0 Å². The molecule has 25 heavy (non-hydrogen) atoms. The highest BCUT2D eigenvalue weighted by Gasteiger charge is 2.15. The first kappa shape index (κ1) is 18.1. The van der Waals surface area contributed by atoms with Crippen LogP contribution in [0.3, 0.4) is 0 Å². The number of hydrazine groups is 1. The molecule has 0 aliphatic rings. The van der Waals surface area contributed by atoms with Crippen molar-refractivity contribution in [3.63, 3.8) is 0 Å². The molecule has 132 valence electrons. The third-order valence-corrected chi connectivity index (χ3v) is 3.18. The normalized spacial score (nSPS) is 11.1. The van der Waals surface area contributed by atoms with Crippen molar-refractivity contribution in [2.75, 3.05) is 13.7 Å². The number of nitrogens with one attached hydrogen (secondary N) is 2. The van der Waals surface area contributed by atoms with Gasteiger partial charge < -0.3 is 14.2 Å². The average molecular weight is 344 g/mol. The SMILES string of the molecule is COc1ccccc1OCC(=O)NNC(=O)C(C)Oc1ccccc1. The molecule has 0 aromatic heterocycles. The lowest BCUT2D eigenvalue weighted by molar-refractivity contribution is -0.133. The summed E-state index contributed by atoms with van der Waals surface area (Å²) < 4.78 is 15.9. The van der Waals surface area contributed by atoms with E-state index in [9.17, 15) is 9.59 Å². The van der Waals surface area contributed by atoms with E-state index in [0.29, 0.717) is 17.2 Å². The maximum absolute atomic E-state index is 11.9. The molecule has 0 heterocycles. The van der Waals surface area contributed by atoms with Gasteiger partial charge in [-0.05, 0) is 31.2 Å². The summed E-state index contributed by atoms with van der Waals surface area (Å²) in [6, 6.07) is 15.9. The summed E-state index contributed by atoms with van der Waals surface area (Å²) in [5.41, 5.74) is 4.57. The van der Waals surface area contributed by atoms with Crippen LogP contribution in [0, 0.1) is 0 Å². The van der Waals surface area contributed by atoms with Crippen LogP contribution in [0.2, 0.25) is 0 Å². The van der Waals surface area contributed by atoms with E-state index < -0.39 is 17.9 Å². The summed E-state index contributed by atoms with van der Waals surface area (Å²) in [5, 5.41) is 0. The number of methoxy groups -OCH3 is 1. The minimum atomic E-state index is -0.766. The average Bonchev–Trinajstić information content (AvgIpc) is 2.65. The van der Waals surface area contributed by atoms with Gasteiger partial charge in [0.25, 0.3) is 11.8 Å². The van der Waals surface area contributed by atoms with Gasteiger partial charge >= 0.3 is 0 Å². The van der Waals surface area contributed by atoms with Crippen LogP contribution in [0.25, 0.3) is 0 Å². The smallest absolute Gasteiger partial charge is 0.279 e. The van der Waals surface area contributed by atoms with Gasteiger partial charge in [0.05, 0.1) is 7.11 Å². The van der Waals surface area contributed by atoms with Crippen LogP contribution in [0.1, 0.15) is 6.92 Å². The van der Waals surface area contributed by atoms with Crippen LogP contribution in [-0.2, 0) is 9.59 Å². The van der Waals surface area contributed by atoms with E-state index in [1.54, 1.807) is 55.5 Å². The van der Waals surface area contributed by atoms with Gasteiger partial charge in [-0.25, -0.2) is 0 Å². The highest BCUT2D eigenvalue weighted by molar-refractivity contribution is 5.85. The van der Waals surface area contributed by atoms with E-state index in [1.807, 2.05) is 6.07 Å². The molecule has 0 aliphatic carbocycles. The van der Waals surface area contributed by atoms with Crippen molar-refractivity contribution in [3.8, 4) is 17.2 Å². The minimum Gasteiger partial charge on any atom is -0.493 e. The lowest BCUT2D eigenvalue weighted by atomic mass is 10.3. The van der Waals surface area contributed by atoms with Gasteiger partial charge in [0.15, 0.2) is 24.2 Å². The molecule has 7 heteroatoms. The van der Waals surface area contributed by atoms with E-state index in [1.165, 1.54) is 7.11 Å². The molecule has 2 aromatic rings. The third-order valence-electron chi connectivity index (χ3n) is 3.18. The van der Waals surface area contributed by atoms with Gasteiger partial charge in [-0.1, -0.05) is 30.3 Å². The molecular formula is C18H20N2O5. The molecule has 2 amide bonds. The lowest BCUT2D eigenvalue weighted by Gasteiger charge is -2.15. The molecule has 0 saturated carbocycles. The number of amides is 2. The maximum Gasteiger partial charge on any atom is 0.279 e. The van der Waals surface area contributed by atoms with Crippen molar-refractivity contribution in [2.24, 2.45) is 0 Å². The molecular weight excluding hydrogens is 324 g/mol.